The van der Waals surface area contributed by atoms with Crippen molar-refractivity contribution in [2.75, 3.05) is 6.54 Å². The molecule has 1 unspecified atom stereocenters. The average molecular weight is 290 g/mol. The van der Waals surface area contributed by atoms with E-state index in [-0.39, 0.29) is 11.9 Å². The van der Waals surface area contributed by atoms with Crippen molar-refractivity contribution in [1.82, 2.24) is 5.32 Å². The zero-order valence-electron chi connectivity index (χ0n) is 9.34. The van der Waals surface area contributed by atoms with Gasteiger partial charge in [0.1, 0.15) is 5.82 Å². The predicted octanol–water partition coefficient (Wildman–Crippen LogP) is 2.84. The fraction of sp³-hybridized carbons (Fsp3) is 0.500. The van der Waals surface area contributed by atoms with Gasteiger partial charge >= 0.3 is 0 Å². The minimum Gasteiger partial charge on any atom is -0.393 e. The summed E-state index contributed by atoms with van der Waals surface area (Å²) in [5.74, 6) is -0.202. The highest BCUT2D eigenvalue weighted by Crippen LogP contribution is 2.15. The molecule has 0 aliphatic rings. The van der Waals surface area contributed by atoms with Gasteiger partial charge in [0, 0.05) is 16.6 Å². The fourth-order valence-electron chi connectivity index (χ4n) is 1.37. The first-order valence-electron chi connectivity index (χ1n) is 5.46. The largest absolute Gasteiger partial charge is 0.393 e. The van der Waals surface area contributed by atoms with Gasteiger partial charge in [-0.2, -0.15) is 0 Å². The van der Waals surface area contributed by atoms with E-state index in [9.17, 15) is 9.50 Å². The lowest BCUT2D eigenvalue weighted by Crippen LogP contribution is -2.20. The van der Waals surface area contributed by atoms with Crippen LogP contribution in [0.3, 0.4) is 0 Å². The number of aliphatic hydroxyl groups is 1. The van der Waals surface area contributed by atoms with E-state index in [1.54, 1.807) is 12.1 Å². The molecular weight excluding hydrogens is 273 g/mol. The average Bonchev–Trinajstić information content (AvgIpc) is 2.28. The van der Waals surface area contributed by atoms with E-state index in [0.717, 1.165) is 10.9 Å². The molecule has 16 heavy (non-hydrogen) atoms. The molecule has 0 fully saturated rings. The SMILES string of the molecule is CCC(O)CCNCc1cc(Br)ccc1F. The third kappa shape index (κ3) is 4.60. The maximum absolute atomic E-state index is 13.3. The summed E-state index contributed by atoms with van der Waals surface area (Å²) < 4.78 is 14.2. The van der Waals surface area contributed by atoms with Crippen LogP contribution in [0.2, 0.25) is 0 Å². The molecule has 1 atom stereocenters. The number of rotatable bonds is 6. The molecule has 0 spiro atoms. The van der Waals surface area contributed by atoms with Gasteiger partial charge in [-0.15, -0.1) is 0 Å². The molecule has 0 aromatic heterocycles. The Bertz CT molecular complexity index is 333. The highest BCUT2D eigenvalue weighted by atomic mass is 79.9. The summed E-state index contributed by atoms with van der Waals surface area (Å²) >= 11 is 3.31. The maximum Gasteiger partial charge on any atom is 0.127 e. The summed E-state index contributed by atoms with van der Waals surface area (Å²) in [6.07, 6.45) is 1.19. The highest BCUT2D eigenvalue weighted by Gasteiger charge is 2.03. The number of hydrogen-bond acceptors (Lipinski definition) is 2. The van der Waals surface area contributed by atoms with Crippen LogP contribution < -0.4 is 5.32 Å². The van der Waals surface area contributed by atoms with Crippen molar-refractivity contribution in [2.45, 2.75) is 32.4 Å². The lowest BCUT2D eigenvalue weighted by molar-refractivity contribution is 0.159. The van der Waals surface area contributed by atoms with Gasteiger partial charge in [0.2, 0.25) is 0 Å². The van der Waals surface area contributed by atoms with Crippen molar-refractivity contribution < 1.29 is 9.50 Å². The normalized spacial score (nSPS) is 12.8. The van der Waals surface area contributed by atoms with Crippen molar-refractivity contribution in [2.24, 2.45) is 0 Å². The molecule has 1 rings (SSSR count). The molecule has 0 aliphatic carbocycles. The van der Waals surface area contributed by atoms with Crippen LogP contribution in [0.15, 0.2) is 22.7 Å². The second kappa shape index (κ2) is 6.99. The molecule has 0 amide bonds. The van der Waals surface area contributed by atoms with Gasteiger partial charge in [0.25, 0.3) is 0 Å². The van der Waals surface area contributed by atoms with Crippen LogP contribution in [0.4, 0.5) is 4.39 Å². The van der Waals surface area contributed by atoms with Crippen LogP contribution >= 0.6 is 15.9 Å². The first kappa shape index (κ1) is 13.6. The summed E-state index contributed by atoms with van der Waals surface area (Å²) in [6, 6.07) is 4.89. The Morgan fingerprint density at radius 2 is 2.25 bits per heavy atom. The van der Waals surface area contributed by atoms with E-state index in [0.29, 0.717) is 25.1 Å². The number of hydrogen-bond donors (Lipinski definition) is 2. The zero-order valence-corrected chi connectivity index (χ0v) is 10.9. The molecule has 0 radical (unpaired) electrons. The standard InChI is InChI=1S/C12H17BrFNO/c1-2-11(16)5-6-15-8-9-7-10(13)3-4-12(9)14/h3-4,7,11,15-16H,2,5-6,8H2,1H3. The number of nitrogens with one attached hydrogen (secondary N) is 1. The van der Waals surface area contributed by atoms with E-state index in [2.05, 4.69) is 21.2 Å². The fourth-order valence-corrected chi connectivity index (χ4v) is 1.78. The van der Waals surface area contributed by atoms with Crippen LogP contribution in [0.25, 0.3) is 0 Å². The van der Waals surface area contributed by atoms with Crippen molar-refractivity contribution in [1.29, 1.82) is 0 Å². The molecule has 0 saturated carbocycles. The quantitative estimate of drug-likeness (QED) is 0.790. The van der Waals surface area contributed by atoms with Gasteiger partial charge in [0.05, 0.1) is 6.10 Å². The van der Waals surface area contributed by atoms with Gasteiger partial charge in [0.15, 0.2) is 0 Å². The molecule has 0 saturated heterocycles. The Labute approximate surface area is 104 Å². The summed E-state index contributed by atoms with van der Waals surface area (Å²) in [5.41, 5.74) is 0.639. The Kier molecular flexibility index (Phi) is 5.95. The Balaban J connectivity index is 2.34. The molecule has 1 aromatic rings. The minimum atomic E-state index is -0.264. The molecule has 1 aromatic carbocycles. The number of aliphatic hydroxyl groups excluding tert-OH is 1. The first-order chi connectivity index (χ1) is 7.63. The molecule has 0 heterocycles. The molecule has 90 valence electrons. The Morgan fingerprint density at radius 3 is 2.94 bits per heavy atom. The smallest absolute Gasteiger partial charge is 0.127 e. The van der Waals surface area contributed by atoms with Crippen LogP contribution in [0.1, 0.15) is 25.3 Å². The van der Waals surface area contributed by atoms with Gasteiger partial charge < -0.3 is 10.4 Å². The van der Waals surface area contributed by atoms with Crippen molar-refractivity contribution in [3.05, 3.63) is 34.1 Å². The minimum absolute atomic E-state index is 0.202. The first-order valence-corrected chi connectivity index (χ1v) is 6.25. The molecule has 0 aliphatic heterocycles. The summed E-state index contributed by atoms with van der Waals surface area (Å²) in [5, 5.41) is 12.4. The molecule has 2 nitrogen and oxygen atoms in total. The second-order valence-electron chi connectivity index (χ2n) is 3.76. The highest BCUT2D eigenvalue weighted by molar-refractivity contribution is 9.10. The zero-order chi connectivity index (χ0) is 12.0. The van der Waals surface area contributed by atoms with Gasteiger partial charge in [-0.3, -0.25) is 0 Å². The summed E-state index contributed by atoms with van der Waals surface area (Å²) in [7, 11) is 0. The molecule has 4 heteroatoms. The van der Waals surface area contributed by atoms with E-state index in [4.69, 9.17) is 0 Å². The summed E-state index contributed by atoms with van der Waals surface area (Å²) in [6.45, 7) is 3.13. The lowest BCUT2D eigenvalue weighted by atomic mass is 10.2. The number of benzene rings is 1. The maximum atomic E-state index is 13.3. The predicted molar refractivity (Wildman–Crippen MR) is 66.7 cm³/mol. The monoisotopic (exact) mass is 289 g/mol. The van der Waals surface area contributed by atoms with Gasteiger partial charge in [-0.05, 0) is 37.6 Å². The Hall–Kier alpha value is -0.450. The van der Waals surface area contributed by atoms with E-state index in [1.807, 2.05) is 6.92 Å². The number of halogens is 2. The van der Waals surface area contributed by atoms with Crippen LogP contribution in [-0.4, -0.2) is 17.8 Å². The van der Waals surface area contributed by atoms with Crippen LogP contribution in [-0.2, 0) is 6.54 Å². The topological polar surface area (TPSA) is 32.3 Å². The molecule has 2 N–H and O–H groups in total. The van der Waals surface area contributed by atoms with Crippen molar-refractivity contribution in [3.63, 3.8) is 0 Å². The third-order valence-electron chi connectivity index (χ3n) is 2.45. The molecule has 0 bridgehead atoms. The second-order valence-corrected chi connectivity index (χ2v) is 4.68. The summed E-state index contributed by atoms with van der Waals surface area (Å²) in [4.78, 5) is 0. The lowest BCUT2D eigenvalue weighted by Gasteiger charge is -2.09. The van der Waals surface area contributed by atoms with Gasteiger partial charge in [-0.25, -0.2) is 4.39 Å². The van der Waals surface area contributed by atoms with E-state index in [1.165, 1.54) is 6.07 Å². The van der Waals surface area contributed by atoms with E-state index >= 15 is 0 Å². The molecular formula is C12H17BrFNO. The van der Waals surface area contributed by atoms with Crippen LogP contribution in [0.5, 0.6) is 0 Å². The Morgan fingerprint density at radius 1 is 1.50 bits per heavy atom. The van der Waals surface area contributed by atoms with Gasteiger partial charge in [-0.1, -0.05) is 22.9 Å². The van der Waals surface area contributed by atoms with Crippen LogP contribution in [0, 0.1) is 5.82 Å². The van der Waals surface area contributed by atoms with E-state index < -0.39 is 0 Å². The van der Waals surface area contributed by atoms with Crippen molar-refractivity contribution >= 4 is 15.9 Å². The third-order valence-corrected chi connectivity index (χ3v) is 2.94. The van der Waals surface area contributed by atoms with Crippen molar-refractivity contribution in [3.8, 4) is 0 Å².